The van der Waals surface area contributed by atoms with Gasteiger partial charge < -0.3 is 15.5 Å². The summed E-state index contributed by atoms with van der Waals surface area (Å²) in [7, 11) is 0. The van der Waals surface area contributed by atoms with E-state index >= 15 is 0 Å². The number of aromatic nitrogens is 2. The number of anilines is 2. The van der Waals surface area contributed by atoms with Gasteiger partial charge in [-0.2, -0.15) is 0 Å². The Morgan fingerprint density at radius 2 is 1.81 bits per heavy atom. The number of halogens is 1. The highest BCUT2D eigenvalue weighted by Crippen LogP contribution is 2.23. The number of rotatable bonds is 7. The van der Waals surface area contributed by atoms with E-state index in [2.05, 4.69) is 20.6 Å². The maximum atomic E-state index is 13.8. The summed E-state index contributed by atoms with van der Waals surface area (Å²) >= 11 is 1.25. The summed E-state index contributed by atoms with van der Waals surface area (Å²) in [5.74, 6) is -0.592. The zero-order chi connectivity index (χ0) is 22.3. The number of hydrogen-bond acceptors (Lipinski definition) is 7. The second kappa shape index (κ2) is 10.3. The van der Waals surface area contributed by atoms with Crippen LogP contribution in [0.4, 0.5) is 15.2 Å². The zero-order valence-corrected chi connectivity index (χ0v) is 18.1. The van der Waals surface area contributed by atoms with Gasteiger partial charge in [0.2, 0.25) is 5.91 Å². The molecule has 0 saturated carbocycles. The molecule has 1 aliphatic heterocycles. The lowest BCUT2D eigenvalue weighted by Crippen LogP contribution is -2.51. The van der Waals surface area contributed by atoms with Crippen molar-refractivity contribution < 1.29 is 14.0 Å². The minimum absolute atomic E-state index is 0.0510. The van der Waals surface area contributed by atoms with Gasteiger partial charge in [-0.05, 0) is 29.8 Å². The Bertz CT molecular complexity index is 1070. The molecule has 0 radical (unpaired) electrons. The first-order valence-electron chi connectivity index (χ1n) is 10.2. The molecule has 2 amide bonds. The molecule has 1 saturated heterocycles. The fourth-order valence-corrected chi connectivity index (χ4v) is 4.04. The standard InChI is InChI=1S/C22H23FN6O2S/c23-17-3-1-2-4-18(17)26-22-27-19(15-32-22)21(31)29-11-9-28(10-12-29)14-20(30)25-13-16-5-7-24-8-6-16/h1-8,15H,9-14H2,(H,25,30)(H,26,27). The van der Waals surface area contributed by atoms with Crippen LogP contribution < -0.4 is 10.6 Å². The minimum Gasteiger partial charge on any atom is -0.351 e. The van der Waals surface area contributed by atoms with Crippen LogP contribution in [0.2, 0.25) is 0 Å². The van der Waals surface area contributed by atoms with Crippen LogP contribution in [0.3, 0.4) is 0 Å². The molecule has 8 nitrogen and oxygen atoms in total. The molecule has 10 heteroatoms. The van der Waals surface area contributed by atoms with Crippen molar-refractivity contribution in [2.24, 2.45) is 0 Å². The topological polar surface area (TPSA) is 90.5 Å². The Morgan fingerprint density at radius 3 is 2.56 bits per heavy atom. The summed E-state index contributed by atoms with van der Waals surface area (Å²) in [6.45, 7) is 3.01. The number of nitrogens with one attached hydrogen (secondary N) is 2. The molecule has 3 heterocycles. The van der Waals surface area contributed by atoms with Crippen molar-refractivity contribution in [2.45, 2.75) is 6.54 Å². The molecular formula is C22H23FN6O2S. The molecule has 0 bridgehead atoms. The van der Waals surface area contributed by atoms with Crippen LogP contribution in [0.25, 0.3) is 0 Å². The first kappa shape index (κ1) is 21.8. The number of hydrogen-bond donors (Lipinski definition) is 2. The van der Waals surface area contributed by atoms with E-state index in [0.717, 1.165) is 5.56 Å². The molecule has 0 aliphatic carbocycles. The van der Waals surface area contributed by atoms with Crippen LogP contribution in [0, 0.1) is 5.82 Å². The van der Waals surface area contributed by atoms with E-state index in [4.69, 9.17) is 0 Å². The third-order valence-corrected chi connectivity index (χ3v) is 5.86. The number of amides is 2. The number of nitrogens with zero attached hydrogens (tertiary/aromatic N) is 4. The number of carbonyl (C=O) groups is 2. The second-order valence-electron chi connectivity index (χ2n) is 7.34. The van der Waals surface area contributed by atoms with Gasteiger partial charge >= 0.3 is 0 Å². The minimum atomic E-state index is -0.378. The van der Waals surface area contributed by atoms with E-state index in [1.807, 2.05) is 17.0 Å². The summed E-state index contributed by atoms with van der Waals surface area (Å²) in [5.41, 5.74) is 1.64. The number of para-hydroxylation sites is 1. The Balaban J connectivity index is 1.23. The average molecular weight is 455 g/mol. The predicted molar refractivity (Wildman–Crippen MR) is 120 cm³/mol. The predicted octanol–water partition coefficient (Wildman–Crippen LogP) is 2.50. The summed E-state index contributed by atoms with van der Waals surface area (Å²) in [4.78, 5) is 37.0. The number of benzene rings is 1. The van der Waals surface area contributed by atoms with Crippen molar-refractivity contribution in [3.63, 3.8) is 0 Å². The molecule has 1 fully saturated rings. The lowest BCUT2D eigenvalue weighted by molar-refractivity contribution is -0.122. The van der Waals surface area contributed by atoms with Crippen LogP contribution in [0.5, 0.6) is 0 Å². The summed E-state index contributed by atoms with van der Waals surface area (Å²) in [6.07, 6.45) is 3.39. The van der Waals surface area contributed by atoms with Gasteiger partial charge in [0.15, 0.2) is 5.13 Å². The first-order valence-corrected chi connectivity index (χ1v) is 11.1. The van der Waals surface area contributed by atoms with Crippen LogP contribution >= 0.6 is 11.3 Å². The summed E-state index contributed by atoms with van der Waals surface area (Å²) < 4.78 is 13.8. The Morgan fingerprint density at radius 1 is 1.06 bits per heavy atom. The van der Waals surface area contributed by atoms with Gasteiger partial charge in [-0.25, -0.2) is 9.37 Å². The monoisotopic (exact) mass is 454 g/mol. The fraction of sp³-hybridized carbons (Fsp3) is 0.273. The van der Waals surface area contributed by atoms with Gasteiger partial charge in [-0.3, -0.25) is 19.5 Å². The maximum absolute atomic E-state index is 13.8. The maximum Gasteiger partial charge on any atom is 0.273 e. The van der Waals surface area contributed by atoms with Gasteiger partial charge in [0.05, 0.1) is 12.2 Å². The molecule has 32 heavy (non-hydrogen) atoms. The van der Waals surface area contributed by atoms with Gasteiger partial charge in [-0.1, -0.05) is 12.1 Å². The highest BCUT2D eigenvalue weighted by atomic mass is 32.1. The molecule has 2 aromatic heterocycles. The highest BCUT2D eigenvalue weighted by molar-refractivity contribution is 7.14. The molecule has 1 aliphatic rings. The summed E-state index contributed by atoms with van der Waals surface area (Å²) in [5, 5.41) is 7.94. The van der Waals surface area contributed by atoms with Gasteiger partial charge in [0, 0.05) is 50.5 Å². The van der Waals surface area contributed by atoms with Crippen LogP contribution in [-0.4, -0.2) is 64.3 Å². The van der Waals surface area contributed by atoms with Gasteiger partial charge in [0.25, 0.3) is 5.91 Å². The smallest absolute Gasteiger partial charge is 0.273 e. The van der Waals surface area contributed by atoms with E-state index in [1.54, 1.807) is 40.9 Å². The molecule has 1 aromatic carbocycles. The Labute approximate surface area is 189 Å². The molecule has 0 spiro atoms. The third kappa shape index (κ3) is 5.65. The van der Waals surface area contributed by atoms with Crippen LogP contribution in [0.1, 0.15) is 16.1 Å². The fourth-order valence-electron chi connectivity index (χ4n) is 3.34. The van der Waals surface area contributed by atoms with Gasteiger partial charge in [0.1, 0.15) is 11.5 Å². The normalized spacial score (nSPS) is 14.2. The molecule has 2 N–H and O–H groups in total. The first-order chi connectivity index (χ1) is 15.6. The lowest BCUT2D eigenvalue weighted by atomic mass is 10.2. The largest absolute Gasteiger partial charge is 0.351 e. The number of piperazine rings is 1. The van der Waals surface area contributed by atoms with Crippen molar-refractivity contribution >= 4 is 34.0 Å². The van der Waals surface area contributed by atoms with E-state index in [1.165, 1.54) is 17.4 Å². The van der Waals surface area contributed by atoms with E-state index in [-0.39, 0.29) is 17.6 Å². The zero-order valence-electron chi connectivity index (χ0n) is 17.3. The molecule has 3 aromatic rings. The molecular weight excluding hydrogens is 431 g/mol. The van der Waals surface area contributed by atoms with Crippen molar-refractivity contribution in [1.29, 1.82) is 0 Å². The van der Waals surface area contributed by atoms with Crippen LogP contribution in [0.15, 0.2) is 54.2 Å². The van der Waals surface area contributed by atoms with E-state index in [9.17, 15) is 14.0 Å². The van der Waals surface area contributed by atoms with E-state index in [0.29, 0.717) is 55.8 Å². The van der Waals surface area contributed by atoms with Crippen molar-refractivity contribution in [3.05, 3.63) is 71.2 Å². The summed E-state index contributed by atoms with van der Waals surface area (Å²) in [6, 6.07) is 10.0. The quantitative estimate of drug-likeness (QED) is 0.570. The van der Waals surface area contributed by atoms with Crippen LogP contribution in [-0.2, 0) is 11.3 Å². The number of carbonyl (C=O) groups excluding carboxylic acids is 2. The lowest BCUT2D eigenvalue weighted by Gasteiger charge is -2.33. The van der Waals surface area contributed by atoms with Gasteiger partial charge in [-0.15, -0.1) is 11.3 Å². The molecule has 0 unspecified atom stereocenters. The molecule has 0 atom stereocenters. The average Bonchev–Trinajstić information content (AvgIpc) is 3.28. The Kier molecular flexibility index (Phi) is 7.03. The van der Waals surface area contributed by atoms with Crippen molar-refractivity contribution in [3.8, 4) is 0 Å². The highest BCUT2D eigenvalue weighted by Gasteiger charge is 2.25. The molecule has 4 rings (SSSR count). The SMILES string of the molecule is O=C(CN1CCN(C(=O)c2csc(Nc3ccccc3F)n2)CC1)NCc1ccncc1. The van der Waals surface area contributed by atoms with Crippen molar-refractivity contribution in [2.75, 3.05) is 38.0 Å². The third-order valence-electron chi connectivity index (χ3n) is 5.10. The van der Waals surface area contributed by atoms with E-state index < -0.39 is 0 Å². The number of thiazole rings is 1. The second-order valence-corrected chi connectivity index (χ2v) is 8.20. The number of pyridine rings is 1. The van der Waals surface area contributed by atoms with Crippen molar-refractivity contribution in [1.82, 2.24) is 25.1 Å². The molecule has 166 valence electrons. The Hall–Kier alpha value is -3.37.